The van der Waals surface area contributed by atoms with Gasteiger partial charge in [0.15, 0.2) is 5.22 Å². The molecule has 3 N–H and O–H groups in total. The summed E-state index contributed by atoms with van der Waals surface area (Å²) in [6.07, 6.45) is 1.44. The third-order valence-corrected chi connectivity index (χ3v) is 2.89. The monoisotopic (exact) mass is 254 g/mol. The van der Waals surface area contributed by atoms with Gasteiger partial charge in [-0.25, -0.2) is 9.82 Å². The summed E-state index contributed by atoms with van der Waals surface area (Å²) >= 11 is 5.87. The summed E-state index contributed by atoms with van der Waals surface area (Å²) in [5, 5.41) is 0.203. The van der Waals surface area contributed by atoms with Gasteiger partial charge in [0.2, 0.25) is 0 Å². The molecule has 1 aromatic heterocycles. The SMILES string of the molecule is Cc1ccc(F)c(C(NN)c2ccoc2Cl)c1. The van der Waals surface area contributed by atoms with E-state index in [1.54, 1.807) is 18.2 Å². The van der Waals surface area contributed by atoms with Crippen molar-refractivity contribution >= 4 is 11.6 Å². The molecule has 0 bridgehead atoms. The molecule has 0 aliphatic rings. The Kier molecular flexibility index (Phi) is 3.47. The van der Waals surface area contributed by atoms with Crippen LogP contribution in [0.3, 0.4) is 0 Å². The van der Waals surface area contributed by atoms with Crippen molar-refractivity contribution in [1.82, 2.24) is 5.43 Å². The van der Waals surface area contributed by atoms with Crippen LogP contribution in [0.15, 0.2) is 34.9 Å². The van der Waals surface area contributed by atoms with Gasteiger partial charge in [-0.1, -0.05) is 17.7 Å². The Labute approximate surface area is 103 Å². The fraction of sp³-hybridized carbons (Fsp3) is 0.167. The van der Waals surface area contributed by atoms with Crippen LogP contribution in [0, 0.1) is 12.7 Å². The number of nitrogens with one attached hydrogen (secondary N) is 1. The molecule has 0 spiro atoms. The second-order valence-electron chi connectivity index (χ2n) is 3.77. The maximum atomic E-state index is 13.8. The molecule has 1 heterocycles. The van der Waals surface area contributed by atoms with E-state index in [4.69, 9.17) is 21.9 Å². The molecule has 3 nitrogen and oxygen atoms in total. The van der Waals surface area contributed by atoms with E-state index in [0.29, 0.717) is 11.1 Å². The Morgan fingerprint density at radius 2 is 2.12 bits per heavy atom. The van der Waals surface area contributed by atoms with Crippen molar-refractivity contribution in [3.63, 3.8) is 0 Å². The van der Waals surface area contributed by atoms with Gasteiger partial charge >= 0.3 is 0 Å². The molecule has 2 aromatic rings. The third-order valence-electron chi connectivity index (χ3n) is 2.59. The lowest BCUT2D eigenvalue weighted by Gasteiger charge is -2.16. The minimum Gasteiger partial charge on any atom is -0.453 e. The Balaban J connectivity index is 2.49. The van der Waals surface area contributed by atoms with Crippen molar-refractivity contribution in [2.45, 2.75) is 13.0 Å². The minimum atomic E-state index is -0.527. The normalized spacial score (nSPS) is 12.7. The maximum absolute atomic E-state index is 13.8. The van der Waals surface area contributed by atoms with Crippen LogP contribution < -0.4 is 11.3 Å². The maximum Gasteiger partial charge on any atom is 0.198 e. The first kappa shape index (κ1) is 12.1. The Bertz CT molecular complexity index is 527. The largest absolute Gasteiger partial charge is 0.453 e. The molecule has 17 heavy (non-hydrogen) atoms. The van der Waals surface area contributed by atoms with E-state index in [9.17, 15) is 4.39 Å². The van der Waals surface area contributed by atoms with Gasteiger partial charge in [-0.3, -0.25) is 5.84 Å². The van der Waals surface area contributed by atoms with E-state index < -0.39 is 6.04 Å². The fourth-order valence-corrected chi connectivity index (χ4v) is 1.97. The van der Waals surface area contributed by atoms with Gasteiger partial charge in [-0.05, 0) is 30.7 Å². The number of hydrazine groups is 1. The summed E-state index contributed by atoms with van der Waals surface area (Å²) in [5.74, 6) is 5.13. The quantitative estimate of drug-likeness (QED) is 0.654. The van der Waals surface area contributed by atoms with E-state index in [1.807, 2.05) is 6.92 Å². The second-order valence-corrected chi connectivity index (χ2v) is 4.12. The standard InChI is InChI=1S/C12H12ClFN2O/c1-7-2-3-10(14)9(6-7)11(16-15)8-4-5-17-12(8)13/h2-6,11,16H,15H2,1H3. The van der Waals surface area contributed by atoms with E-state index >= 15 is 0 Å². The number of benzene rings is 1. The van der Waals surface area contributed by atoms with Crippen molar-refractivity contribution in [2.75, 3.05) is 0 Å². The number of nitrogens with two attached hydrogens (primary N) is 1. The van der Waals surface area contributed by atoms with Crippen LogP contribution in [0.5, 0.6) is 0 Å². The Hall–Kier alpha value is -1.36. The molecule has 0 aliphatic carbocycles. The van der Waals surface area contributed by atoms with E-state index in [1.165, 1.54) is 12.3 Å². The number of aryl methyl sites for hydroxylation is 1. The summed E-state index contributed by atoms with van der Waals surface area (Å²) < 4.78 is 18.7. The van der Waals surface area contributed by atoms with E-state index in [2.05, 4.69) is 5.43 Å². The lowest BCUT2D eigenvalue weighted by molar-refractivity contribution is 0.540. The Morgan fingerprint density at radius 3 is 2.71 bits per heavy atom. The molecule has 0 aliphatic heterocycles. The third kappa shape index (κ3) is 2.34. The average molecular weight is 255 g/mol. The van der Waals surface area contributed by atoms with Crippen molar-refractivity contribution in [3.05, 3.63) is 58.3 Å². The summed E-state index contributed by atoms with van der Waals surface area (Å²) in [6.45, 7) is 1.88. The molecular formula is C12H12ClFN2O. The number of hydrogen-bond donors (Lipinski definition) is 2. The van der Waals surface area contributed by atoms with Gasteiger partial charge in [0.05, 0.1) is 12.3 Å². The smallest absolute Gasteiger partial charge is 0.198 e. The molecular weight excluding hydrogens is 243 g/mol. The van der Waals surface area contributed by atoms with Crippen LogP contribution in [-0.4, -0.2) is 0 Å². The second kappa shape index (κ2) is 4.87. The first-order valence-corrected chi connectivity index (χ1v) is 5.46. The summed E-state index contributed by atoms with van der Waals surface area (Å²) in [5.41, 5.74) is 4.54. The van der Waals surface area contributed by atoms with E-state index in [0.717, 1.165) is 5.56 Å². The van der Waals surface area contributed by atoms with Gasteiger partial charge in [-0.2, -0.15) is 0 Å². The van der Waals surface area contributed by atoms with Crippen LogP contribution in [0.1, 0.15) is 22.7 Å². The topological polar surface area (TPSA) is 51.2 Å². The molecule has 0 saturated carbocycles. The lowest BCUT2D eigenvalue weighted by atomic mass is 9.99. The van der Waals surface area contributed by atoms with Crippen molar-refractivity contribution in [2.24, 2.45) is 5.84 Å². The van der Waals surface area contributed by atoms with Crippen molar-refractivity contribution < 1.29 is 8.81 Å². The minimum absolute atomic E-state index is 0.203. The highest BCUT2D eigenvalue weighted by Gasteiger charge is 2.20. The molecule has 5 heteroatoms. The van der Waals surface area contributed by atoms with Gasteiger partial charge in [0.25, 0.3) is 0 Å². The summed E-state index contributed by atoms with van der Waals surface area (Å²) in [4.78, 5) is 0. The molecule has 0 saturated heterocycles. The van der Waals surface area contributed by atoms with Crippen LogP contribution in [0.2, 0.25) is 5.22 Å². The van der Waals surface area contributed by atoms with Crippen LogP contribution in [0.25, 0.3) is 0 Å². The van der Waals surface area contributed by atoms with Crippen molar-refractivity contribution in [1.29, 1.82) is 0 Å². The molecule has 90 valence electrons. The highest BCUT2D eigenvalue weighted by Crippen LogP contribution is 2.30. The summed E-state index contributed by atoms with van der Waals surface area (Å²) in [7, 11) is 0. The predicted molar refractivity (Wildman–Crippen MR) is 64.0 cm³/mol. The Morgan fingerprint density at radius 1 is 1.35 bits per heavy atom. The lowest BCUT2D eigenvalue weighted by Crippen LogP contribution is -2.29. The highest BCUT2D eigenvalue weighted by atomic mass is 35.5. The molecule has 1 unspecified atom stereocenters. The number of furan rings is 1. The van der Waals surface area contributed by atoms with Gasteiger partial charge in [0.1, 0.15) is 5.82 Å². The number of rotatable bonds is 3. The molecule has 2 rings (SSSR count). The zero-order valence-corrected chi connectivity index (χ0v) is 9.96. The van der Waals surface area contributed by atoms with Gasteiger partial charge in [-0.15, -0.1) is 0 Å². The predicted octanol–water partition coefficient (Wildman–Crippen LogP) is 2.93. The zero-order valence-electron chi connectivity index (χ0n) is 9.21. The molecule has 0 fully saturated rings. The van der Waals surface area contributed by atoms with E-state index in [-0.39, 0.29) is 11.0 Å². The number of halogens is 2. The first-order valence-electron chi connectivity index (χ1n) is 5.08. The average Bonchev–Trinajstić information content (AvgIpc) is 2.71. The molecule has 1 aromatic carbocycles. The first-order chi connectivity index (χ1) is 8.13. The highest BCUT2D eigenvalue weighted by molar-refractivity contribution is 6.29. The van der Waals surface area contributed by atoms with Gasteiger partial charge < -0.3 is 4.42 Å². The number of hydrogen-bond acceptors (Lipinski definition) is 3. The van der Waals surface area contributed by atoms with Gasteiger partial charge in [0, 0.05) is 11.1 Å². The fourth-order valence-electron chi connectivity index (χ4n) is 1.74. The zero-order chi connectivity index (χ0) is 12.4. The van der Waals surface area contributed by atoms with Crippen LogP contribution >= 0.6 is 11.6 Å². The molecule has 1 atom stereocenters. The van der Waals surface area contributed by atoms with Crippen molar-refractivity contribution in [3.8, 4) is 0 Å². The van der Waals surface area contributed by atoms with Crippen LogP contribution in [-0.2, 0) is 0 Å². The molecule has 0 amide bonds. The molecule has 0 radical (unpaired) electrons. The van der Waals surface area contributed by atoms with Crippen LogP contribution in [0.4, 0.5) is 4.39 Å². The summed E-state index contributed by atoms with van der Waals surface area (Å²) in [6, 6.07) is 5.96.